The fourth-order valence-electron chi connectivity index (χ4n) is 0. The van der Waals surface area contributed by atoms with Gasteiger partial charge in [0.25, 0.3) is 0 Å². The first-order valence-electron chi connectivity index (χ1n) is 0. The van der Waals surface area contributed by atoms with Crippen molar-refractivity contribution in [3.63, 3.8) is 0 Å². The quantitative estimate of drug-likeness (QED) is 0.331. The molecule has 0 fully saturated rings. The second kappa shape index (κ2) is 32.0. The van der Waals surface area contributed by atoms with Crippen LogP contribution in [-0.4, -0.2) is 28.3 Å². The molecule has 2 radical (unpaired) electrons. The molecule has 0 saturated carbocycles. The van der Waals surface area contributed by atoms with E-state index in [1.165, 1.54) is 0 Å². The van der Waals surface area contributed by atoms with E-state index >= 15 is 0 Å². The molecule has 0 bridgehead atoms. The van der Waals surface area contributed by atoms with E-state index in [1.54, 1.807) is 0 Å². The predicted molar refractivity (Wildman–Crippen MR) is 31.0 cm³/mol. The van der Waals surface area contributed by atoms with Gasteiger partial charge in [0.05, 0.1) is 0 Å². The van der Waals surface area contributed by atoms with Gasteiger partial charge in [-0.2, -0.15) is 9.90 Å². The van der Waals surface area contributed by atoms with Gasteiger partial charge in [-0.25, -0.2) is 0 Å². The maximum Gasteiger partial charge on any atom is 0.187 e. The minimum atomic E-state index is 0. The van der Waals surface area contributed by atoms with Crippen LogP contribution < -0.4 is 0 Å². The zero-order chi connectivity index (χ0) is 0. The Kier molecular flexibility index (Phi) is 332. The third-order valence-corrected chi connectivity index (χ3v) is 0. The van der Waals surface area contributed by atoms with E-state index in [2.05, 4.69) is 0 Å². The molecule has 1 atom stereocenters. The van der Waals surface area contributed by atoms with Crippen LogP contribution in [0.25, 0.3) is 0 Å². The summed E-state index contributed by atoms with van der Waals surface area (Å²) in [6, 6.07) is 0. The summed E-state index contributed by atoms with van der Waals surface area (Å²) >= 11 is 0. The van der Waals surface area contributed by atoms with E-state index in [9.17, 15) is 0 Å². The van der Waals surface area contributed by atoms with E-state index in [0.29, 0.717) is 0 Å². The molecule has 0 aliphatic rings. The maximum atomic E-state index is 0. The molecule has 0 aromatic heterocycles. The Morgan fingerprint density at radius 1 is 1.00 bits per heavy atom. The minimum absolute atomic E-state index is 0. The van der Waals surface area contributed by atoms with Crippen molar-refractivity contribution in [2.75, 3.05) is 0 Å². The monoisotopic (exact) mass is 244 g/mol. The van der Waals surface area contributed by atoms with Gasteiger partial charge in [0.2, 0.25) is 0 Å². The zero-order valence-electron chi connectivity index (χ0n) is 2.51. The van der Waals surface area contributed by atoms with Crippen LogP contribution in [0.2, 0.25) is 0 Å². The molecule has 5 heavy (non-hydrogen) atoms. The standard InChI is InChI=1S/Al.Fe.Nb.H3P.H3Si.3H/h;;;2*1H3;;;. The van der Waals surface area contributed by atoms with Gasteiger partial charge in [-0.15, -0.1) is 0 Å². The molecular formula is H9AlFeNbPSi. The molecule has 0 nitrogen and oxygen atoms in total. The molecule has 0 saturated heterocycles. The molecule has 34 valence electrons. The SMILES string of the molecule is P.[AlH3].[Fe].[Nb].[SiH3]. The second-order valence-electron chi connectivity index (χ2n) is 0. The molecule has 0 heterocycles. The molecule has 0 rings (SSSR count). The fraction of sp³-hybridized carbons (Fsp3) is 0. The Morgan fingerprint density at radius 2 is 1.00 bits per heavy atom. The molecule has 0 N–H and O–H groups in total. The Morgan fingerprint density at radius 3 is 1.00 bits per heavy atom. The maximum absolute atomic E-state index is 0. The van der Waals surface area contributed by atoms with E-state index in [4.69, 9.17) is 0 Å². The molecule has 0 spiro atoms. The third-order valence-electron chi connectivity index (χ3n) is 0. The van der Waals surface area contributed by atoms with E-state index < -0.39 is 0 Å². The van der Waals surface area contributed by atoms with Crippen LogP contribution in [0.4, 0.5) is 0 Å². The summed E-state index contributed by atoms with van der Waals surface area (Å²) in [5.74, 6) is 0. The molecule has 5 heteroatoms. The number of hydrogen-bond acceptors (Lipinski definition) is 0. The van der Waals surface area contributed by atoms with Crippen LogP contribution in [0.5, 0.6) is 0 Å². The first-order chi connectivity index (χ1) is 0. The van der Waals surface area contributed by atoms with Crippen molar-refractivity contribution in [2.45, 2.75) is 0 Å². The van der Waals surface area contributed by atoms with Crippen LogP contribution in [0.3, 0.4) is 0 Å². The van der Waals surface area contributed by atoms with E-state index in [1.807, 2.05) is 0 Å². The van der Waals surface area contributed by atoms with Gasteiger partial charge in [0, 0.05) is 39.4 Å². The van der Waals surface area contributed by atoms with Gasteiger partial charge in [-0.05, 0) is 11.0 Å². The Hall–Kier alpha value is 2.44. The van der Waals surface area contributed by atoms with Crippen molar-refractivity contribution >= 4 is 38.2 Å². The smallest absolute Gasteiger partial charge is 0.153 e. The Bertz CT molecular complexity index is 11.6. The summed E-state index contributed by atoms with van der Waals surface area (Å²) < 4.78 is 0. The summed E-state index contributed by atoms with van der Waals surface area (Å²) in [7, 11) is 0. The van der Waals surface area contributed by atoms with Gasteiger partial charge in [-0.3, -0.25) is 0 Å². The van der Waals surface area contributed by atoms with Crippen molar-refractivity contribution in [1.82, 2.24) is 0 Å². The number of rotatable bonds is 0. The summed E-state index contributed by atoms with van der Waals surface area (Å²) in [6.45, 7) is 0. The van der Waals surface area contributed by atoms with Gasteiger partial charge in [0.1, 0.15) is 0 Å². The van der Waals surface area contributed by atoms with Gasteiger partial charge in [-0.1, -0.05) is 0 Å². The summed E-state index contributed by atoms with van der Waals surface area (Å²) in [6.07, 6.45) is 0. The molecule has 0 amide bonds. The van der Waals surface area contributed by atoms with Crippen LogP contribution in [0.15, 0.2) is 0 Å². The van der Waals surface area contributed by atoms with Crippen molar-refractivity contribution in [2.24, 2.45) is 0 Å². The van der Waals surface area contributed by atoms with E-state index in [-0.39, 0.29) is 77.7 Å². The average Bonchev–Trinajstić information content (AvgIpc) is 0. The molecular weight excluding hydrogens is 235 g/mol. The largest absolute Gasteiger partial charge is 0.187 e. The first-order valence-corrected chi connectivity index (χ1v) is 0. The number of hydrogen-bond donors (Lipinski definition) is 0. The van der Waals surface area contributed by atoms with E-state index in [0.717, 1.165) is 0 Å². The van der Waals surface area contributed by atoms with Crippen molar-refractivity contribution < 1.29 is 39.4 Å². The normalized spacial score (nSPS) is 0. The Labute approximate surface area is 77.0 Å². The summed E-state index contributed by atoms with van der Waals surface area (Å²) in [4.78, 5) is 0. The topological polar surface area (TPSA) is 0 Å². The summed E-state index contributed by atoms with van der Waals surface area (Å²) in [5.41, 5.74) is 0. The second-order valence-corrected chi connectivity index (χ2v) is 0. The molecule has 0 aliphatic heterocycles. The molecule has 0 aliphatic carbocycles. The van der Waals surface area contributed by atoms with Crippen molar-refractivity contribution in [1.29, 1.82) is 0 Å². The molecule has 0 aromatic carbocycles. The van der Waals surface area contributed by atoms with Gasteiger partial charge >= 0.3 is 0 Å². The van der Waals surface area contributed by atoms with Crippen LogP contribution in [0, 0.1) is 0 Å². The van der Waals surface area contributed by atoms with Crippen LogP contribution >= 0.6 is 9.90 Å². The zero-order valence-corrected chi connectivity index (χ0v) is 9.22. The third kappa shape index (κ3) is 21.3. The molecule has 1 unspecified atom stereocenters. The van der Waals surface area contributed by atoms with Crippen LogP contribution in [0.1, 0.15) is 0 Å². The first kappa shape index (κ1) is 51.8. The van der Waals surface area contributed by atoms with Crippen molar-refractivity contribution in [3.8, 4) is 0 Å². The molecule has 0 aromatic rings. The van der Waals surface area contributed by atoms with Gasteiger partial charge in [0.15, 0.2) is 17.4 Å². The Balaban J connectivity index is 0. The minimum Gasteiger partial charge on any atom is -0.153 e. The van der Waals surface area contributed by atoms with Crippen LogP contribution in [-0.2, 0) is 39.4 Å². The average molecular weight is 244 g/mol. The van der Waals surface area contributed by atoms with Gasteiger partial charge < -0.3 is 0 Å². The van der Waals surface area contributed by atoms with Crippen molar-refractivity contribution in [3.05, 3.63) is 0 Å². The summed E-state index contributed by atoms with van der Waals surface area (Å²) in [5, 5.41) is 0. The predicted octanol–water partition coefficient (Wildman–Crippen LogP) is -2.31. The fourth-order valence-corrected chi connectivity index (χ4v) is 0.